The van der Waals surface area contributed by atoms with Gasteiger partial charge in [0.15, 0.2) is 15.6 Å². The first-order valence-electron chi connectivity index (χ1n) is 10.8. The molecule has 1 aliphatic heterocycles. The summed E-state index contributed by atoms with van der Waals surface area (Å²) in [7, 11) is -2.29. The molecule has 0 saturated carbocycles. The summed E-state index contributed by atoms with van der Waals surface area (Å²) in [6.07, 6.45) is 3.31. The molecule has 0 saturated heterocycles. The highest BCUT2D eigenvalue weighted by atomic mass is 32.2. The third-order valence-corrected chi connectivity index (χ3v) is 8.03. The van der Waals surface area contributed by atoms with Crippen LogP contribution in [0.15, 0.2) is 23.2 Å². The minimum Gasteiger partial charge on any atom is -0.474 e. The second kappa shape index (κ2) is 8.39. The van der Waals surface area contributed by atoms with E-state index < -0.39 is 15.6 Å². The van der Waals surface area contributed by atoms with Crippen molar-refractivity contribution in [1.82, 2.24) is 9.78 Å². The lowest BCUT2D eigenvalue weighted by Gasteiger charge is -2.23. The molecule has 1 aromatic carbocycles. The molecule has 2 aliphatic rings. The second-order valence-electron chi connectivity index (χ2n) is 8.94. The van der Waals surface area contributed by atoms with Crippen LogP contribution in [0.2, 0.25) is 0 Å². The predicted octanol–water partition coefficient (Wildman–Crippen LogP) is 3.05. The van der Waals surface area contributed by atoms with Gasteiger partial charge in [-0.15, -0.1) is 0 Å². The third kappa shape index (κ3) is 4.15. The van der Waals surface area contributed by atoms with E-state index in [1.807, 2.05) is 0 Å². The van der Waals surface area contributed by atoms with Gasteiger partial charge in [0.25, 0.3) is 0 Å². The van der Waals surface area contributed by atoms with Crippen LogP contribution >= 0.6 is 0 Å². The minimum atomic E-state index is -3.86. The Morgan fingerprint density at radius 2 is 2.13 bits per heavy atom. The van der Waals surface area contributed by atoms with Gasteiger partial charge in [0.05, 0.1) is 12.7 Å². The molecule has 1 aliphatic carbocycles. The molecule has 2 atom stereocenters. The van der Waals surface area contributed by atoms with Gasteiger partial charge in [0.1, 0.15) is 23.4 Å². The van der Waals surface area contributed by atoms with Gasteiger partial charge in [-0.1, -0.05) is 32.9 Å². The van der Waals surface area contributed by atoms with Crippen LogP contribution in [0.5, 0.6) is 5.88 Å². The average Bonchev–Trinajstić information content (AvgIpc) is 3.31. The number of aryl methyl sites for hydroxylation is 1. The maximum absolute atomic E-state index is 13.0. The van der Waals surface area contributed by atoms with Crippen LogP contribution in [0, 0.1) is 0 Å². The van der Waals surface area contributed by atoms with Crippen molar-refractivity contribution in [3.05, 3.63) is 40.6 Å². The topological polar surface area (TPSA) is 87.5 Å². The van der Waals surface area contributed by atoms with Crippen molar-refractivity contribution in [3.63, 3.8) is 0 Å². The number of carbonyl (C=O) groups is 1. The summed E-state index contributed by atoms with van der Waals surface area (Å²) in [5.41, 5.74) is 4.69. The van der Waals surface area contributed by atoms with Gasteiger partial charge < -0.3 is 9.47 Å². The van der Waals surface area contributed by atoms with E-state index in [-0.39, 0.29) is 41.6 Å². The van der Waals surface area contributed by atoms with E-state index in [2.05, 4.69) is 38.0 Å². The molecule has 2 aromatic rings. The molecule has 0 N–H and O–H groups in total. The SMILES string of the molecule is COC1COc2c(S(=O)(=O)CC(=O)Cc3c(C(C)C)ccc4c3C(C)CC4)cnn2C1. The van der Waals surface area contributed by atoms with Crippen LogP contribution in [0.4, 0.5) is 0 Å². The maximum Gasteiger partial charge on any atom is 0.231 e. The summed E-state index contributed by atoms with van der Waals surface area (Å²) in [5, 5.41) is 4.13. The minimum absolute atomic E-state index is 0.0221. The highest BCUT2D eigenvalue weighted by Gasteiger charge is 2.32. The third-order valence-electron chi connectivity index (χ3n) is 6.38. The normalized spacial score (nSPS) is 20.4. The molecular weight excluding hydrogens is 416 g/mol. The van der Waals surface area contributed by atoms with E-state index in [1.165, 1.54) is 22.0 Å². The van der Waals surface area contributed by atoms with Gasteiger partial charge in [0.2, 0.25) is 5.88 Å². The summed E-state index contributed by atoms with van der Waals surface area (Å²) in [6, 6.07) is 4.27. The quantitative estimate of drug-likeness (QED) is 0.650. The standard InChI is InChI=1S/C23H30N2O5S/c1-14(2)19-8-7-16-6-5-15(3)22(16)20(19)9-17(26)13-31(27,28)21-10-24-25-11-18(29-4)12-30-23(21)25/h7-8,10,14-15,18H,5-6,9,11-13H2,1-4H3. The number of Topliss-reactive ketones (excluding diaryl/α,β-unsaturated/α-hetero) is 1. The Kier molecular flexibility index (Phi) is 5.96. The molecule has 0 bridgehead atoms. The molecule has 7 nitrogen and oxygen atoms in total. The highest BCUT2D eigenvalue weighted by Crippen LogP contribution is 2.39. The number of methoxy groups -OCH3 is 1. The predicted molar refractivity (Wildman–Crippen MR) is 117 cm³/mol. The fourth-order valence-electron chi connectivity index (χ4n) is 4.76. The van der Waals surface area contributed by atoms with E-state index in [0.29, 0.717) is 12.5 Å². The van der Waals surface area contributed by atoms with E-state index >= 15 is 0 Å². The lowest BCUT2D eigenvalue weighted by molar-refractivity contribution is -0.116. The summed E-state index contributed by atoms with van der Waals surface area (Å²) in [6.45, 7) is 7.07. The van der Waals surface area contributed by atoms with Crippen molar-refractivity contribution in [2.75, 3.05) is 19.5 Å². The molecule has 4 rings (SSSR count). The van der Waals surface area contributed by atoms with E-state index in [1.54, 1.807) is 7.11 Å². The number of aromatic nitrogens is 2. The number of ketones is 1. The van der Waals surface area contributed by atoms with Crippen molar-refractivity contribution in [2.24, 2.45) is 0 Å². The molecule has 0 radical (unpaired) electrons. The molecule has 0 amide bonds. The Balaban J connectivity index is 1.58. The Hall–Kier alpha value is -2.19. The number of rotatable bonds is 7. The van der Waals surface area contributed by atoms with Crippen molar-refractivity contribution in [3.8, 4) is 5.88 Å². The Morgan fingerprint density at radius 3 is 2.84 bits per heavy atom. The Labute approximate surface area is 183 Å². The van der Waals surface area contributed by atoms with Crippen LogP contribution in [0.3, 0.4) is 0 Å². The zero-order valence-electron chi connectivity index (χ0n) is 18.6. The van der Waals surface area contributed by atoms with Crippen LogP contribution in [-0.2, 0) is 38.8 Å². The molecule has 2 heterocycles. The van der Waals surface area contributed by atoms with E-state index in [0.717, 1.165) is 24.0 Å². The lowest BCUT2D eigenvalue weighted by Crippen LogP contribution is -2.32. The molecule has 1 aromatic heterocycles. The van der Waals surface area contributed by atoms with Crippen LogP contribution in [-0.4, -0.2) is 49.6 Å². The van der Waals surface area contributed by atoms with Crippen LogP contribution in [0.25, 0.3) is 0 Å². The van der Waals surface area contributed by atoms with Crippen LogP contribution < -0.4 is 4.74 Å². The number of sulfone groups is 1. The van der Waals surface area contributed by atoms with Gasteiger partial charge in [-0.25, -0.2) is 13.1 Å². The number of ether oxygens (including phenoxy) is 2. The number of hydrogen-bond donors (Lipinski definition) is 0. The lowest BCUT2D eigenvalue weighted by atomic mass is 9.86. The first kappa shape index (κ1) is 22.0. The molecule has 0 fully saturated rings. The zero-order chi connectivity index (χ0) is 22.3. The number of fused-ring (bicyclic) bond motifs is 2. The Bertz CT molecular complexity index is 1100. The molecule has 168 valence electrons. The Morgan fingerprint density at radius 1 is 1.35 bits per heavy atom. The highest BCUT2D eigenvalue weighted by molar-refractivity contribution is 7.92. The van der Waals surface area contributed by atoms with Crippen molar-refractivity contribution in [1.29, 1.82) is 0 Å². The fourth-order valence-corrected chi connectivity index (χ4v) is 6.08. The van der Waals surface area contributed by atoms with E-state index in [9.17, 15) is 13.2 Å². The van der Waals surface area contributed by atoms with Gasteiger partial charge in [-0.3, -0.25) is 4.79 Å². The first-order valence-corrected chi connectivity index (χ1v) is 12.5. The number of carbonyl (C=O) groups excluding carboxylic acids is 1. The number of hydrogen-bond acceptors (Lipinski definition) is 6. The second-order valence-corrected chi connectivity index (χ2v) is 10.9. The summed E-state index contributed by atoms with van der Waals surface area (Å²) in [4.78, 5) is 13.0. The molecule has 0 spiro atoms. The van der Waals surface area contributed by atoms with Gasteiger partial charge >= 0.3 is 0 Å². The molecular formula is C23H30N2O5S. The maximum atomic E-state index is 13.0. The zero-order valence-corrected chi connectivity index (χ0v) is 19.4. The van der Waals surface area contributed by atoms with Gasteiger partial charge in [-0.05, 0) is 46.9 Å². The number of benzene rings is 1. The fraction of sp³-hybridized carbons (Fsp3) is 0.565. The molecule has 31 heavy (non-hydrogen) atoms. The van der Waals surface area contributed by atoms with Gasteiger partial charge in [-0.2, -0.15) is 5.10 Å². The number of nitrogens with zero attached hydrogens (tertiary/aromatic N) is 2. The summed E-state index contributed by atoms with van der Waals surface area (Å²) < 4.78 is 38.4. The smallest absolute Gasteiger partial charge is 0.231 e. The first-order chi connectivity index (χ1) is 14.7. The van der Waals surface area contributed by atoms with Crippen LogP contribution in [0.1, 0.15) is 61.3 Å². The van der Waals surface area contributed by atoms with Gasteiger partial charge in [0, 0.05) is 13.5 Å². The van der Waals surface area contributed by atoms with Crippen molar-refractivity contribution in [2.45, 2.75) is 69.4 Å². The van der Waals surface area contributed by atoms with Crippen molar-refractivity contribution >= 4 is 15.6 Å². The molecule has 8 heteroatoms. The summed E-state index contributed by atoms with van der Waals surface area (Å²) >= 11 is 0. The van der Waals surface area contributed by atoms with E-state index in [4.69, 9.17) is 9.47 Å². The largest absolute Gasteiger partial charge is 0.474 e. The summed E-state index contributed by atoms with van der Waals surface area (Å²) in [5.74, 6) is -0.0170. The monoisotopic (exact) mass is 446 g/mol. The average molecular weight is 447 g/mol. The molecule has 2 unspecified atom stereocenters. The van der Waals surface area contributed by atoms with Crippen molar-refractivity contribution < 1.29 is 22.7 Å².